The summed E-state index contributed by atoms with van der Waals surface area (Å²) in [5.74, 6) is 0.152. The largest absolute Gasteiger partial charge is 0.379 e. The highest BCUT2D eigenvalue weighted by Crippen LogP contribution is 2.29. The fourth-order valence-electron chi connectivity index (χ4n) is 1.90. The summed E-state index contributed by atoms with van der Waals surface area (Å²) in [6.07, 6.45) is 3.40. The van der Waals surface area contributed by atoms with Crippen LogP contribution in [0.5, 0.6) is 0 Å². The molecule has 0 radical (unpaired) electrons. The molecule has 0 saturated carbocycles. The Morgan fingerprint density at radius 2 is 2.36 bits per heavy atom. The molecule has 82 valence electrons. The molecule has 0 aromatic heterocycles. The molecule has 1 N–H and O–H groups in total. The van der Waals surface area contributed by atoms with Gasteiger partial charge in [-0.2, -0.15) is 0 Å². The molecule has 14 heavy (non-hydrogen) atoms. The zero-order chi connectivity index (χ0) is 10.6. The van der Waals surface area contributed by atoms with Gasteiger partial charge in [0.25, 0.3) is 0 Å². The number of carbonyl (C=O) groups is 1. The molecular weight excluding hydrogens is 194 g/mol. The number of ether oxygens (including phenoxy) is 1. The molecule has 4 heteroatoms. The standard InChI is InChI=1S/C10H21NO2Si/c1-3-11-9(12)8(2)10(14)6-4-5-7-13-10/h8H,3-7H2,1-2,14H3,(H,11,12). The Morgan fingerprint density at radius 1 is 1.64 bits per heavy atom. The summed E-state index contributed by atoms with van der Waals surface area (Å²) in [5, 5.41) is 2.76. The first-order chi connectivity index (χ1) is 6.60. The van der Waals surface area contributed by atoms with Crippen LogP contribution < -0.4 is 5.32 Å². The quantitative estimate of drug-likeness (QED) is 0.674. The Labute approximate surface area is 89.0 Å². The molecule has 0 spiro atoms. The zero-order valence-electron chi connectivity index (χ0n) is 9.43. The third-order valence-corrected chi connectivity index (χ3v) is 4.81. The van der Waals surface area contributed by atoms with E-state index in [9.17, 15) is 4.79 Å². The van der Waals surface area contributed by atoms with Crippen molar-refractivity contribution in [3.63, 3.8) is 0 Å². The van der Waals surface area contributed by atoms with Gasteiger partial charge < -0.3 is 10.1 Å². The molecule has 1 saturated heterocycles. The predicted octanol–water partition coefficient (Wildman–Crippen LogP) is 0.0208. The molecule has 1 fully saturated rings. The molecule has 2 atom stereocenters. The van der Waals surface area contributed by atoms with Crippen molar-refractivity contribution in [2.45, 2.75) is 38.3 Å². The van der Waals surface area contributed by atoms with E-state index in [0.717, 1.165) is 29.7 Å². The van der Waals surface area contributed by atoms with E-state index in [2.05, 4.69) is 5.32 Å². The van der Waals surface area contributed by atoms with Gasteiger partial charge in [-0.1, -0.05) is 6.92 Å². The van der Waals surface area contributed by atoms with Crippen LogP contribution in [-0.2, 0) is 9.53 Å². The maximum absolute atomic E-state index is 11.7. The van der Waals surface area contributed by atoms with Crippen LogP contribution in [-0.4, -0.2) is 34.5 Å². The maximum atomic E-state index is 11.7. The second-order valence-electron chi connectivity index (χ2n) is 4.23. The molecule has 0 aromatic rings. The third-order valence-electron chi connectivity index (χ3n) is 3.16. The Morgan fingerprint density at radius 3 is 2.86 bits per heavy atom. The number of hydrogen-bond acceptors (Lipinski definition) is 2. The van der Waals surface area contributed by atoms with Gasteiger partial charge in [-0.25, -0.2) is 0 Å². The first kappa shape index (κ1) is 11.7. The molecule has 1 amide bonds. The molecular formula is C10H21NO2Si. The molecule has 0 aromatic carbocycles. The first-order valence-electron chi connectivity index (χ1n) is 5.52. The van der Waals surface area contributed by atoms with E-state index in [0.29, 0.717) is 6.54 Å². The van der Waals surface area contributed by atoms with Crippen molar-refractivity contribution in [1.29, 1.82) is 0 Å². The van der Waals surface area contributed by atoms with Gasteiger partial charge in [0.2, 0.25) is 5.91 Å². The second kappa shape index (κ2) is 4.93. The number of rotatable bonds is 3. The number of hydrogen-bond donors (Lipinski definition) is 1. The Balaban J connectivity index is 2.56. The molecule has 1 aliphatic rings. The van der Waals surface area contributed by atoms with Gasteiger partial charge in [0.15, 0.2) is 0 Å². The minimum atomic E-state index is -0.114. The summed E-state index contributed by atoms with van der Waals surface area (Å²) >= 11 is 0. The highest BCUT2D eigenvalue weighted by atomic mass is 28.1. The lowest BCUT2D eigenvalue weighted by Crippen LogP contribution is -2.49. The fraction of sp³-hybridized carbons (Fsp3) is 0.900. The van der Waals surface area contributed by atoms with E-state index < -0.39 is 0 Å². The number of amides is 1. The summed E-state index contributed by atoms with van der Waals surface area (Å²) in [7, 11) is 0.936. The topological polar surface area (TPSA) is 38.3 Å². The number of carbonyl (C=O) groups excluding carboxylic acids is 1. The van der Waals surface area contributed by atoms with Crippen LogP contribution >= 0.6 is 0 Å². The van der Waals surface area contributed by atoms with Crippen molar-refractivity contribution in [1.82, 2.24) is 5.32 Å². The van der Waals surface area contributed by atoms with Gasteiger partial charge in [0.1, 0.15) is 0 Å². The van der Waals surface area contributed by atoms with E-state index in [-0.39, 0.29) is 17.0 Å². The van der Waals surface area contributed by atoms with E-state index in [1.807, 2.05) is 13.8 Å². The molecule has 3 nitrogen and oxygen atoms in total. The molecule has 1 heterocycles. The van der Waals surface area contributed by atoms with Gasteiger partial charge in [0.05, 0.1) is 11.1 Å². The molecule has 2 unspecified atom stereocenters. The highest BCUT2D eigenvalue weighted by Gasteiger charge is 2.37. The average Bonchev–Trinajstić information content (AvgIpc) is 2.18. The summed E-state index contributed by atoms with van der Waals surface area (Å²) in [6.45, 7) is 5.48. The summed E-state index contributed by atoms with van der Waals surface area (Å²) in [6, 6.07) is 0. The van der Waals surface area contributed by atoms with Crippen LogP contribution in [0.15, 0.2) is 0 Å². The van der Waals surface area contributed by atoms with Crippen molar-refractivity contribution >= 4 is 16.1 Å². The van der Waals surface area contributed by atoms with E-state index in [4.69, 9.17) is 4.74 Å². The molecule has 0 bridgehead atoms. The van der Waals surface area contributed by atoms with Crippen molar-refractivity contribution in [2.24, 2.45) is 5.92 Å². The Kier molecular flexibility index (Phi) is 4.13. The molecule has 1 rings (SSSR count). The fourth-order valence-corrected chi connectivity index (χ4v) is 2.72. The SMILES string of the molecule is CCNC(=O)C(C)C1([SiH3])CCCCO1. The minimum Gasteiger partial charge on any atom is -0.379 e. The third kappa shape index (κ3) is 2.57. The lowest BCUT2D eigenvalue weighted by atomic mass is 9.95. The lowest BCUT2D eigenvalue weighted by Gasteiger charge is -2.38. The summed E-state index contributed by atoms with van der Waals surface area (Å²) < 4.78 is 5.80. The average molecular weight is 215 g/mol. The minimum absolute atomic E-state index is 0.00872. The van der Waals surface area contributed by atoms with Crippen LogP contribution in [0.4, 0.5) is 0 Å². The van der Waals surface area contributed by atoms with Gasteiger partial charge in [-0.15, -0.1) is 0 Å². The van der Waals surface area contributed by atoms with Crippen LogP contribution in [0.25, 0.3) is 0 Å². The highest BCUT2D eigenvalue weighted by molar-refractivity contribution is 6.16. The second-order valence-corrected chi connectivity index (χ2v) is 5.93. The summed E-state index contributed by atoms with van der Waals surface area (Å²) in [5.41, 5.74) is 0. The van der Waals surface area contributed by atoms with Gasteiger partial charge >= 0.3 is 0 Å². The van der Waals surface area contributed by atoms with Gasteiger partial charge in [-0.05, 0) is 26.2 Å². The first-order valence-corrected chi connectivity index (χ1v) is 6.52. The molecule has 0 aliphatic carbocycles. The van der Waals surface area contributed by atoms with Gasteiger partial charge in [0, 0.05) is 23.4 Å². The van der Waals surface area contributed by atoms with E-state index in [1.165, 1.54) is 6.42 Å². The lowest BCUT2D eigenvalue weighted by molar-refractivity contribution is -0.134. The van der Waals surface area contributed by atoms with Crippen LogP contribution in [0.2, 0.25) is 0 Å². The smallest absolute Gasteiger partial charge is 0.225 e. The van der Waals surface area contributed by atoms with Crippen molar-refractivity contribution in [3.8, 4) is 0 Å². The van der Waals surface area contributed by atoms with Crippen molar-refractivity contribution in [2.75, 3.05) is 13.2 Å². The molecule has 1 aliphatic heterocycles. The Bertz CT molecular complexity index is 202. The van der Waals surface area contributed by atoms with E-state index >= 15 is 0 Å². The Hall–Kier alpha value is -0.353. The zero-order valence-corrected chi connectivity index (χ0v) is 11.4. The normalized spacial score (nSPS) is 29.9. The number of nitrogens with one attached hydrogen (secondary N) is 1. The summed E-state index contributed by atoms with van der Waals surface area (Å²) in [4.78, 5) is 11.7. The van der Waals surface area contributed by atoms with Crippen LogP contribution in [0.1, 0.15) is 33.1 Å². The van der Waals surface area contributed by atoms with Crippen LogP contribution in [0.3, 0.4) is 0 Å². The predicted molar refractivity (Wildman–Crippen MR) is 60.3 cm³/mol. The van der Waals surface area contributed by atoms with Crippen molar-refractivity contribution in [3.05, 3.63) is 0 Å². The van der Waals surface area contributed by atoms with Crippen molar-refractivity contribution < 1.29 is 9.53 Å². The monoisotopic (exact) mass is 215 g/mol. The van der Waals surface area contributed by atoms with Gasteiger partial charge in [-0.3, -0.25) is 4.79 Å². The van der Waals surface area contributed by atoms with Crippen LogP contribution in [0, 0.1) is 5.92 Å². The maximum Gasteiger partial charge on any atom is 0.225 e. The van der Waals surface area contributed by atoms with E-state index in [1.54, 1.807) is 0 Å².